The maximum absolute atomic E-state index is 11.7. The molecule has 1 aromatic rings. The van der Waals surface area contributed by atoms with Gasteiger partial charge in [-0.15, -0.1) is 0 Å². The van der Waals surface area contributed by atoms with Crippen LogP contribution in [0.3, 0.4) is 0 Å². The van der Waals surface area contributed by atoms with E-state index in [9.17, 15) is 4.79 Å². The van der Waals surface area contributed by atoms with Crippen molar-refractivity contribution in [2.24, 2.45) is 5.92 Å². The molecule has 94 valence electrons. The van der Waals surface area contributed by atoms with Crippen LogP contribution in [0.25, 0.3) is 0 Å². The third-order valence-electron chi connectivity index (χ3n) is 3.25. The SMILES string of the molecule is N#Cc1ccc(CC(=O)NCC2CC(O)C2)cc1. The number of nitrogens with zero attached hydrogens (tertiary/aromatic N) is 1. The molecule has 2 rings (SSSR count). The molecule has 1 aliphatic rings. The first kappa shape index (κ1) is 12.6. The normalized spacial score (nSPS) is 21.8. The molecule has 0 atom stereocenters. The summed E-state index contributed by atoms with van der Waals surface area (Å²) in [6.07, 6.45) is 1.74. The number of rotatable bonds is 4. The van der Waals surface area contributed by atoms with Crippen LogP contribution in [0.5, 0.6) is 0 Å². The number of benzene rings is 1. The van der Waals surface area contributed by atoms with Crippen molar-refractivity contribution >= 4 is 5.91 Å². The molecule has 0 aliphatic heterocycles. The van der Waals surface area contributed by atoms with Crippen molar-refractivity contribution < 1.29 is 9.90 Å². The molecular weight excluding hydrogens is 228 g/mol. The molecule has 0 radical (unpaired) electrons. The van der Waals surface area contributed by atoms with E-state index in [1.54, 1.807) is 24.3 Å². The predicted octanol–water partition coefficient (Wildman–Crippen LogP) is 0.988. The molecule has 0 bridgehead atoms. The summed E-state index contributed by atoms with van der Waals surface area (Å²) < 4.78 is 0. The first-order valence-electron chi connectivity index (χ1n) is 6.11. The fourth-order valence-corrected chi connectivity index (χ4v) is 2.07. The highest BCUT2D eigenvalue weighted by molar-refractivity contribution is 5.78. The molecule has 0 saturated heterocycles. The Morgan fingerprint density at radius 3 is 2.61 bits per heavy atom. The van der Waals surface area contributed by atoms with Crippen LogP contribution in [0.4, 0.5) is 0 Å². The molecule has 18 heavy (non-hydrogen) atoms. The van der Waals surface area contributed by atoms with Gasteiger partial charge in [0.05, 0.1) is 24.2 Å². The maximum atomic E-state index is 11.7. The molecule has 1 fully saturated rings. The van der Waals surface area contributed by atoms with Crippen molar-refractivity contribution in [1.29, 1.82) is 5.26 Å². The summed E-state index contributed by atoms with van der Waals surface area (Å²) in [5.41, 5.74) is 1.50. The van der Waals surface area contributed by atoms with Crippen molar-refractivity contribution in [3.05, 3.63) is 35.4 Å². The summed E-state index contributed by atoms with van der Waals surface area (Å²) in [5.74, 6) is 0.408. The zero-order valence-corrected chi connectivity index (χ0v) is 10.1. The number of nitrogens with one attached hydrogen (secondary N) is 1. The highest BCUT2D eigenvalue weighted by Crippen LogP contribution is 2.26. The molecule has 0 spiro atoms. The van der Waals surface area contributed by atoms with Crippen molar-refractivity contribution in [2.45, 2.75) is 25.4 Å². The summed E-state index contributed by atoms with van der Waals surface area (Å²) in [5, 5.41) is 20.7. The topological polar surface area (TPSA) is 73.1 Å². The van der Waals surface area contributed by atoms with Gasteiger partial charge in [-0.25, -0.2) is 0 Å². The fourth-order valence-electron chi connectivity index (χ4n) is 2.07. The summed E-state index contributed by atoms with van der Waals surface area (Å²) in [6.45, 7) is 0.645. The van der Waals surface area contributed by atoms with E-state index in [1.807, 2.05) is 6.07 Å². The third kappa shape index (κ3) is 3.31. The van der Waals surface area contributed by atoms with Crippen LogP contribution in [0, 0.1) is 17.2 Å². The molecule has 2 N–H and O–H groups in total. The number of hydrogen-bond acceptors (Lipinski definition) is 3. The van der Waals surface area contributed by atoms with Gasteiger partial charge < -0.3 is 10.4 Å². The lowest BCUT2D eigenvalue weighted by Crippen LogP contribution is -2.38. The van der Waals surface area contributed by atoms with Crippen molar-refractivity contribution in [3.8, 4) is 6.07 Å². The second-order valence-electron chi connectivity index (χ2n) is 4.78. The van der Waals surface area contributed by atoms with Crippen LogP contribution in [-0.4, -0.2) is 23.7 Å². The largest absolute Gasteiger partial charge is 0.393 e. The number of hydrogen-bond donors (Lipinski definition) is 2. The van der Waals surface area contributed by atoms with Gasteiger partial charge in [0.1, 0.15) is 0 Å². The van der Waals surface area contributed by atoms with Gasteiger partial charge in [0.15, 0.2) is 0 Å². The van der Waals surface area contributed by atoms with E-state index < -0.39 is 0 Å². The Morgan fingerprint density at radius 2 is 2.06 bits per heavy atom. The summed E-state index contributed by atoms with van der Waals surface area (Å²) in [4.78, 5) is 11.7. The van der Waals surface area contributed by atoms with E-state index in [1.165, 1.54) is 0 Å². The van der Waals surface area contributed by atoms with Gasteiger partial charge >= 0.3 is 0 Å². The lowest BCUT2D eigenvalue weighted by atomic mass is 9.82. The number of carbonyl (C=O) groups is 1. The minimum Gasteiger partial charge on any atom is -0.393 e. The Bertz CT molecular complexity index is 456. The second-order valence-corrected chi connectivity index (χ2v) is 4.78. The minimum atomic E-state index is -0.176. The van der Waals surface area contributed by atoms with Crippen LogP contribution in [-0.2, 0) is 11.2 Å². The molecule has 1 aliphatic carbocycles. The third-order valence-corrected chi connectivity index (χ3v) is 3.25. The molecule has 1 saturated carbocycles. The summed E-state index contributed by atoms with van der Waals surface area (Å²) in [7, 11) is 0. The smallest absolute Gasteiger partial charge is 0.224 e. The lowest BCUT2D eigenvalue weighted by molar-refractivity contribution is -0.121. The fraction of sp³-hybridized carbons (Fsp3) is 0.429. The van der Waals surface area contributed by atoms with E-state index in [-0.39, 0.29) is 12.0 Å². The number of aliphatic hydroxyl groups excluding tert-OH is 1. The Labute approximate surface area is 106 Å². The molecule has 4 heteroatoms. The Kier molecular flexibility index (Phi) is 3.96. The highest BCUT2D eigenvalue weighted by Gasteiger charge is 2.26. The van der Waals surface area contributed by atoms with Crippen molar-refractivity contribution in [3.63, 3.8) is 0 Å². The summed E-state index contributed by atoms with van der Waals surface area (Å²) in [6, 6.07) is 9.06. The average Bonchev–Trinajstić information content (AvgIpc) is 2.34. The van der Waals surface area contributed by atoms with Crippen LogP contribution in [0.1, 0.15) is 24.0 Å². The van der Waals surface area contributed by atoms with Gasteiger partial charge in [-0.2, -0.15) is 5.26 Å². The van der Waals surface area contributed by atoms with Crippen LogP contribution in [0.2, 0.25) is 0 Å². The molecule has 0 heterocycles. The zero-order chi connectivity index (χ0) is 13.0. The molecule has 0 unspecified atom stereocenters. The van der Waals surface area contributed by atoms with Crippen LogP contribution < -0.4 is 5.32 Å². The van der Waals surface area contributed by atoms with Gasteiger partial charge in [-0.1, -0.05) is 12.1 Å². The van der Waals surface area contributed by atoms with E-state index >= 15 is 0 Å². The zero-order valence-electron chi connectivity index (χ0n) is 10.1. The first-order valence-corrected chi connectivity index (χ1v) is 6.11. The Balaban J connectivity index is 1.74. The van der Waals surface area contributed by atoms with E-state index in [2.05, 4.69) is 5.32 Å². The lowest BCUT2D eigenvalue weighted by Gasteiger charge is -2.31. The first-order chi connectivity index (χ1) is 8.67. The minimum absolute atomic E-state index is 0.0129. The van der Waals surface area contributed by atoms with Crippen molar-refractivity contribution in [1.82, 2.24) is 5.32 Å². The molecule has 0 aromatic heterocycles. The van der Waals surface area contributed by atoms with Crippen LogP contribution in [0.15, 0.2) is 24.3 Å². The van der Waals surface area contributed by atoms with Gasteiger partial charge in [0, 0.05) is 6.54 Å². The molecule has 4 nitrogen and oxygen atoms in total. The van der Waals surface area contributed by atoms with E-state index in [4.69, 9.17) is 10.4 Å². The van der Waals surface area contributed by atoms with Crippen molar-refractivity contribution in [2.75, 3.05) is 6.54 Å². The van der Waals surface area contributed by atoms with Gasteiger partial charge in [-0.05, 0) is 36.5 Å². The number of nitriles is 1. The van der Waals surface area contributed by atoms with E-state index in [0.717, 1.165) is 18.4 Å². The number of amides is 1. The predicted molar refractivity (Wildman–Crippen MR) is 66.6 cm³/mol. The number of aliphatic hydroxyl groups is 1. The highest BCUT2D eigenvalue weighted by atomic mass is 16.3. The molecule has 1 aromatic carbocycles. The van der Waals surface area contributed by atoms with E-state index in [0.29, 0.717) is 24.4 Å². The summed E-state index contributed by atoms with van der Waals surface area (Å²) >= 11 is 0. The number of carbonyl (C=O) groups excluding carboxylic acids is 1. The monoisotopic (exact) mass is 244 g/mol. The van der Waals surface area contributed by atoms with Gasteiger partial charge in [0.2, 0.25) is 5.91 Å². The Hall–Kier alpha value is -1.86. The Morgan fingerprint density at radius 1 is 1.39 bits per heavy atom. The molecule has 1 amide bonds. The quantitative estimate of drug-likeness (QED) is 0.829. The van der Waals surface area contributed by atoms with Gasteiger partial charge in [0.25, 0.3) is 0 Å². The van der Waals surface area contributed by atoms with Gasteiger partial charge in [-0.3, -0.25) is 4.79 Å². The standard InChI is InChI=1S/C14H16N2O2/c15-8-11-3-1-10(2-4-11)7-14(18)16-9-12-5-13(17)6-12/h1-4,12-13,17H,5-7,9H2,(H,16,18). The molecular formula is C14H16N2O2. The average molecular weight is 244 g/mol. The maximum Gasteiger partial charge on any atom is 0.224 e. The second kappa shape index (κ2) is 5.65. The van der Waals surface area contributed by atoms with Crippen LogP contribution >= 0.6 is 0 Å².